The lowest BCUT2D eigenvalue weighted by molar-refractivity contribution is -0.153. The van der Waals surface area contributed by atoms with E-state index >= 15 is 0 Å². The third-order valence-electron chi connectivity index (χ3n) is 8.30. The molecule has 1 aromatic rings. The van der Waals surface area contributed by atoms with Crippen LogP contribution >= 0.6 is 0 Å². The molecule has 0 heterocycles. The number of fused-ring (bicyclic) bond motifs is 3. The van der Waals surface area contributed by atoms with Gasteiger partial charge in [-0.25, -0.2) is 0 Å². The van der Waals surface area contributed by atoms with E-state index in [1.54, 1.807) is 14.1 Å². The number of hydrogen-bond donors (Lipinski definition) is 5. The molecule has 0 aromatic heterocycles. The minimum absolute atomic E-state index is 0.0518. The van der Waals surface area contributed by atoms with Crippen molar-refractivity contribution in [3.05, 3.63) is 57.9 Å². The van der Waals surface area contributed by atoms with Gasteiger partial charge < -0.3 is 31.1 Å². The molecule has 1 aromatic carbocycles. The lowest BCUT2D eigenvalue weighted by atomic mass is 9.57. The Labute approximate surface area is 219 Å². The monoisotopic (exact) mass is 521 g/mol. The van der Waals surface area contributed by atoms with Crippen LogP contribution in [0.1, 0.15) is 29.5 Å². The first-order chi connectivity index (χ1) is 17.8. The number of allylic oxidation sites excluding steroid dienone is 4. The number of carbonyl (C=O) groups excluding carboxylic acids is 3. The van der Waals surface area contributed by atoms with Gasteiger partial charge in [-0.05, 0) is 56.5 Å². The smallest absolute Gasteiger partial charge is 0.255 e. The van der Waals surface area contributed by atoms with Gasteiger partial charge in [0.05, 0.1) is 11.6 Å². The number of rotatable bonds is 4. The van der Waals surface area contributed by atoms with Gasteiger partial charge in [0.2, 0.25) is 5.78 Å². The third kappa shape index (κ3) is 3.30. The number of likely N-dealkylation sites (N-methyl/N-ethyl adjacent to an activating group) is 1. The van der Waals surface area contributed by atoms with E-state index < -0.39 is 58.0 Å². The first kappa shape index (κ1) is 25.7. The van der Waals surface area contributed by atoms with Crippen molar-refractivity contribution in [2.45, 2.75) is 30.9 Å². The Kier molecular flexibility index (Phi) is 5.81. The zero-order chi connectivity index (χ0) is 27.8. The maximum atomic E-state index is 14.0. The fraction of sp³-hybridized carbons (Fsp3) is 0.393. The molecular weight excluding hydrogens is 490 g/mol. The Hall–Kier alpha value is -3.89. The molecule has 0 spiro atoms. The number of primary amides is 1. The van der Waals surface area contributed by atoms with Crippen LogP contribution in [0.4, 0.5) is 5.69 Å². The van der Waals surface area contributed by atoms with E-state index in [9.17, 15) is 34.8 Å². The molecule has 200 valence electrons. The molecule has 38 heavy (non-hydrogen) atoms. The van der Waals surface area contributed by atoms with Crippen molar-refractivity contribution in [1.82, 2.24) is 4.90 Å². The molecule has 1 amide bonds. The maximum absolute atomic E-state index is 14.0. The fourth-order valence-electron chi connectivity index (χ4n) is 6.58. The second-order valence-electron chi connectivity index (χ2n) is 10.8. The summed E-state index contributed by atoms with van der Waals surface area (Å²) in [4.78, 5) is 42.7. The number of nitrogens with zero attached hydrogens (tertiary/aromatic N) is 2. The predicted molar refractivity (Wildman–Crippen MR) is 140 cm³/mol. The number of aliphatic hydroxyl groups excluding tert-OH is 2. The molecule has 4 aliphatic carbocycles. The first-order valence-electron chi connectivity index (χ1n) is 12.4. The molecule has 0 unspecified atom stereocenters. The minimum Gasteiger partial charge on any atom is -0.508 e. The average molecular weight is 522 g/mol. The maximum Gasteiger partial charge on any atom is 0.255 e. The van der Waals surface area contributed by atoms with E-state index in [4.69, 9.17) is 5.73 Å². The van der Waals surface area contributed by atoms with Gasteiger partial charge in [0.25, 0.3) is 5.91 Å². The van der Waals surface area contributed by atoms with Gasteiger partial charge >= 0.3 is 0 Å². The summed E-state index contributed by atoms with van der Waals surface area (Å²) in [5.41, 5.74) is 4.56. The second-order valence-corrected chi connectivity index (χ2v) is 10.8. The Balaban J connectivity index is 1.76. The van der Waals surface area contributed by atoms with Crippen LogP contribution in [0.15, 0.2) is 41.2 Å². The Morgan fingerprint density at radius 2 is 1.82 bits per heavy atom. The van der Waals surface area contributed by atoms with Crippen LogP contribution in [0.5, 0.6) is 5.75 Å². The number of aromatic hydroxyl groups is 1. The van der Waals surface area contributed by atoms with Crippen molar-refractivity contribution >= 4 is 34.5 Å². The zero-order valence-electron chi connectivity index (χ0n) is 21.6. The van der Waals surface area contributed by atoms with E-state index in [2.05, 4.69) is 0 Å². The molecule has 10 heteroatoms. The average Bonchev–Trinajstić information content (AvgIpc) is 3.35. The molecule has 0 bridgehead atoms. The summed E-state index contributed by atoms with van der Waals surface area (Å²) in [6.45, 7) is 0. The predicted octanol–water partition coefficient (Wildman–Crippen LogP) is 1.37. The van der Waals surface area contributed by atoms with Crippen LogP contribution < -0.4 is 10.6 Å². The van der Waals surface area contributed by atoms with Crippen LogP contribution in [0, 0.1) is 11.8 Å². The number of hydrogen-bond acceptors (Lipinski definition) is 9. The largest absolute Gasteiger partial charge is 0.508 e. The highest BCUT2D eigenvalue weighted by Crippen LogP contribution is 2.54. The number of phenolic OH excluding ortho intramolecular Hbond substituents is 1. The molecule has 1 saturated carbocycles. The molecule has 5 rings (SSSR count). The summed E-state index contributed by atoms with van der Waals surface area (Å²) >= 11 is 0. The Morgan fingerprint density at radius 3 is 2.37 bits per heavy atom. The first-order valence-corrected chi connectivity index (χ1v) is 12.4. The van der Waals surface area contributed by atoms with Gasteiger partial charge in [0.15, 0.2) is 11.4 Å². The summed E-state index contributed by atoms with van der Waals surface area (Å²) in [5, 5.41) is 45.6. The van der Waals surface area contributed by atoms with Crippen molar-refractivity contribution in [2.75, 3.05) is 33.1 Å². The van der Waals surface area contributed by atoms with Crippen LogP contribution in [-0.4, -0.2) is 82.6 Å². The number of nitrogens with two attached hydrogens (primary N) is 1. The van der Waals surface area contributed by atoms with Gasteiger partial charge in [-0.2, -0.15) is 0 Å². The summed E-state index contributed by atoms with van der Waals surface area (Å²) < 4.78 is 0. The quantitative estimate of drug-likeness (QED) is 0.368. The second kappa shape index (κ2) is 8.57. The molecule has 4 aliphatic rings. The van der Waals surface area contributed by atoms with Crippen LogP contribution in [0.3, 0.4) is 0 Å². The number of amides is 1. The zero-order valence-corrected chi connectivity index (χ0v) is 21.6. The summed E-state index contributed by atoms with van der Waals surface area (Å²) in [6.07, 6.45) is 6.56. The van der Waals surface area contributed by atoms with E-state index in [1.807, 2.05) is 43.3 Å². The molecule has 6 N–H and O–H groups in total. The Morgan fingerprint density at radius 1 is 1.13 bits per heavy atom. The minimum atomic E-state index is -2.65. The van der Waals surface area contributed by atoms with E-state index in [-0.39, 0.29) is 29.7 Å². The molecule has 1 fully saturated rings. The molecule has 0 aliphatic heterocycles. The van der Waals surface area contributed by atoms with Gasteiger partial charge in [-0.3, -0.25) is 19.3 Å². The lowest BCUT2D eigenvalue weighted by Crippen LogP contribution is -2.65. The van der Waals surface area contributed by atoms with Crippen LogP contribution in [0.25, 0.3) is 11.3 Å². The molecule has 0 saturated heterocycles. The highest BCUT2D eigenvalue weighted by molar-refractivity contribution is 6.24. The van der Waals surface area contributed by atoms with Crippen LogP contribution in [0.2, 0.25) is 0 Å². The molecule has 0 radical (unpaired) electrons. The number of benzene rings is 1. The van der Waals surface area contributed by atoms with Crippen molar-refractivity contribution in [3.63, 3.8) is 0 Å². The molecule has 10 nitrogen and oxygen atoms in total. The van der Waals surface area contributed by atoms with E-state index in [0.717, 1.165) is 11.3 Å². The van der Waals surface area contributed by atoms with E-state index in [1.165, 1.54) is 4.90 Å². The van der Waals surface area contributed by atoms with Crippen LogP contribution in [-0.2, 0) is 20.8 Å². The highest BCUT2D eigenvalue weighted by Gasteiger charge is 2.64. The van der Waals surface area contributed by atoms with Crippen molar-refractivity contribution in [1.29, 1.82) is 0 Å². The molecular formula is C28H31N3O7. The van der Waals surface area contributed by atoms with Gasteiger partial charge in [0, 0.05) is 36.8 Å². The number of ketones is 2. The van der Waals surface area contributed by atoms with Gasteiger partial charge in [0.1, 0.15) is 22.8 Å². The number of phenols is 1. The third-order valence-corrected chi connectivity index (χ3v) is 8.30. The topological polar surface area (TPSA) is 165 Å². The number of Topliss-reactive ketones (excluding diaryl/α,β-unsaturated/α-hetero) is 2. The van der Waals surface area contributed by atoms with Crippen molar-refractivity contribution in [2.24, 2.45) is 17.6 Å². The SMILES string of the molecule is CN(C)c1cc(C2=CC=CC2)c(O)c2c1C[C@@H]1C[C@@H]3[C@@H](N(C)C)C(=O)C(C(N)=O)=C(O)[C@]3(O)C(=O)C1=C2O. The van der Waals surface area contributed by atoms with E-state index in [0.29, 0.717) is 17.5 Å². The fourth-order valence-corrected chi connectivity index (χ4v) is 6.58. The Bertz CT molecular complexity index is 1430. The summed E-state index contributed by atoms with van der Waals surface area (Å²) in [6, 6.07) is 0.741. The van der Waals surface area contributed by atoms with Gasteiger partial charge in [-0.1, -0.05) is 18.2 Å². The summed E-state index contributed by atoms with van der Waals surface area (Å²) in [5.74, 6) is -6.54. The lowest BCUT2D eigenvalue weighted by Gasteiger charge is -2.50. The number of anilines is 1. The highest BCUT2D eigenvalue weighted by atomic mass is 16.3. The number of aliphatic hydroxyl groups is 3. The standard InChI is InChI=1S/C28H31N3O7/c1-30(2)17-11-14(12-7-5-6-8-12)22(32)19-15(17)9-13-10-16-21(31(3)4)24(34)20(27(29)37)26(36)28(16,38)25(35)18(13)23(19)33/h5-7,11,13,16,21,32-33,36,38H,8-10H2,1-4H3,(H2,29,37)/t13-,16-,21-,28-/m1/s1. The van der Waals surface area contributed by atoms with Crippen molar-refractivity contribution < 1.29 is 34.8 Å². The normalized spacial score (nSPS) is 28.4. The van der Waals surface area contributed by atoms with Gasteiger partial charge in [-0.15, -0.1) is 0 Å². The molecule has 4 atom stereocenters. The number of carbonyl (C=O) groups is 3. The summed E-state index contributed by atoms with van der Waals surface area (Å²) in [7, 11) is 6.83. The van der Waals surface area contributed by atoms with Crippen molar-refractivity contribution in [3.8, 4) is 5.75 Å².